The van der Waals surface area contributed by atoms with Crippen LogP contribution in [0.2, 0.25) is 0 Å². The number of ether oxygens (including phenoxy) is 1. The van der Waals surface area contributed by atoms with Gasteiger partial charge in [0, 0.05) is 44.4 Å². The second-order valence-corrected chi connectivity index (χ2v) is 6.02. The Morgan fingerprint density at radius 3 is 2.86 bits per heavy atom. The van der Waals surface area contributed by atoms with Gasteiger partial charge in [-0.1, -0.05) is 0 Å². The summed E-state index contributed by atoms with van der Waals surface area (Å²) in [5.74, 6) is 0.738. The largest absolute Gasteiger partial charge is 0.378 e. The van der Waals surface area contributed by atoms with Crippen LogP contribution in [0, 0.1) is 0 Å². The Morgan fingerprint density at radius 2 is 2.14 bits per heavy atom. The minimum atomic E-state index is -0.486. The Morgan fingerprint density at radius 1 is 1.38 bits per heavy atom. The number of amides is 1. The van der Waals surface area contributed by atoms with Crippen molar-refractivity contribution >= 4 is 23.5 Å². The highest BCUT2D eigenvalue weighted by atomic mass is 35.5. The van der Waals surface area contributed by atoms with E-state index in [2.05, 4.69) is 14.9 Å². The van der Waals surface area contributed by atoms with Crippen LogP contribution in [0.1, 0.15) is 18.2 Å². The van der Waals surface area contributed by atoms with E-state index < -0.39 is 5.38 Å². The van der Waals surface area contributed by atoms with Crippen LogP contribution in [0.25, 0.3) is 0 Å². The van der Waals surface area contributed by atoms with Gasteiger partial charge in [-0.3, -0.25) is 4.79 Å². The molecular weight excluding hydrogens is 292 g/mol. The molecule has 2 aliphatic heterocycles. The number of morpholine rings is 1. The van der Waals surface area contributed by atoms with Gasteiger partial charge in [0.2, 0.25) is 11.9 Å². The summed E-state index contributed by atoms with van der Waals surface area (Å²) in [5.41, 5.74) is 2.06. The number of rotatable bonds is 2. The van der Waals surface area contributed by atoms with Gasteiger partial charge in [0.15, 0.2) is 0 Å². The third-order valence-corrected chi connectivity index (χ3v) is 4.05. The number of hydrogen-bond donors (Lipinski definition) is 0. The smallest absolute Gasteiger partial charge is 0.240 e. The number of carbonyl (C=O) groups excluding carboxylic acids is 1. The van der Waals surface area contributed by atoms with Crippen molar-refractivity contribution in [1.29, 1.82) is 0 Å². The van der Waals surface area contributed by atoms with E-state index in [1.54, 1.807) is 11.8 Å². The van der Waals surface area contributed by atoms with Crippen LogP contribution in [0.4, 0.5) is 5.95 Å². The molecule has 114 valence electrons. The molecule has 1 unspecified atom stereocenters. The lowest BCUT2D eigenvalue weighted by Gasteiger charge is -2.31. The Balaban J connectivity index is 1.74. The van der Waals surface area contributed by atoms with E-state index in [1.165, 1.54) is 0 Å². The molecule has 1 saturated heterocycles. The number of alkyl halides is 1. The van der Waals surface area contributed by atoms with Gasteiger partial charge in [0.05, 0.1) is 18.9 Å². The first-order chi connectivity index (χ1) is 10.1. The van der Waals surface area contributed by atoms with Crippen molar-refractivity contribution in [2.45, 2.75) is 25.3 Å². The number of fused-ring (bicyclic) bond motifs is 1. The summed E-state index contributed by atoms with van der Waals surface area (Å²) in [6.07, 6.45) is 2.59. The molecule has 1 fully saturated rings. The summed E-state index contributed by atoms with van der Waals surface area (Å²) in [6.45, 7) is 6.02. The van der Waals surface area contributed by atoms with Gasteiger partial charge >= 0.3 is 0 Å². The predicted molar refractivity (Wildman–Crippen MR) is 79.5 cm³/mol. The van der Waals surface area contributed by atoms with Gasteiger partial charge in [-0.2, -0.15) is 0 Å². The van der Waals surface area contributed by atoms with Crippen LogP contribution >= 0.6 is 11.6 Å². The zero-order valence-corrected chi connectivity index (χ0v) is 12.8. The van der Waals surface area contributed by atoms with E-state index in [4.69, 9.17) is 16.3 Å². The van der Waals surface area contributed by atoms with E-state index in [-0.39, 0.29) is 5.91 Å². The molecule has 0 aliphatic carbocycles. The van der Waals surface area contributed by atoms with Crippen molar-refractivity contribution in [1.82, 2.24) is 14.9 Å². The van der Waals surface area contributed by atoms with E-state index in [1.807, 2.05) is 6.20 Å². The van der Waals surface area contributed by atoms with Crippen molar-refractivity contribution in [3.8, 4) is 0 Å². The fourth-order valence-electron chi connectivity index (χ4n) is 2.66. The number of halogens is 1. The molecule has 1 atom stereocenters. The molecule has 21 heavy (non-hydrogen) atoms. The lowest BCUT2D eigenvalue weighted by atomic mass is 10.1. The molecule has 7 heteroatoms. The van der Waals surface area contributed by atoms with Gasteiger partial charge in [0.1, 0.15) is 5.38 Å². The third-order valence-electron chi connectivity index (χ3n) is 3.87. The van der Waals surface area contributed by atoms with E-state index >= 15 is 0 Å². The fraction of sp³-hybridized carbons (Fsp3) is 0.643. The van der Waals surface area contributed by atoms with Crippen molar-refractivity contribution in [2.24, 2.45) is 0 Å². The van der Waals surface area contributed by atoms with Gasteiger partial charge in [0.25, 0.3) is 0 Å². The summed E-state index contributed by atoms with van der Waals surface area (Å²) in [6, 6.07) is 0. The van der Waals surface area contributed by atoms with Gasteiger partial charge in [-0.25, -0.2) is 9.97 Å². The van der Waals surface area contributed by atoms with E-state index in [0.717, 1.165) is 49.9 Å². The van der Waals surface area contributed by atoms with Crippen LogP contribution in [0.3, 0.4) is 0 Å². The molecule has 3 heterocycles. The minimum Gasteiger partial charge on any atom is -0.378 e. The standard InChI is InChI=1S/C14H19ClN4O2/c1-10(15)13(20)19-3-2-12-11(9-19)8-16-14(17-12)18-4-6-21-7-5-18/h8,10H,2-7,9H2,1H3. The summed E-state index contributed by atoms with van der Waals surface area (Å²) >= 11 is 5.87. The minimum absolute atomic E-state index is 0.0282. The number of hydrogen-bond acceptors (Lipinski definition) is 5. The fourth-order valence-corrected chi connectivity index (χ4v) is 2.80. The van der Waals surface area contributed by atoms with Gasteiger partial charge in [-0.05, 0) is 6.92 Å². The number of carbonyl (C=O) groups is 1. The Labute approximate surface area is 129 Å². The molecule has 0 radical (unpaired) electrons. The quantitative estimate of drug-likeness (QED) is 0.757. The zero-order valence-electron chi connectivity index (χ0n) is 12.1. The van der Waals surface area contributed by atoms with E-state index in [9.17, 15) is 4.79 Å². The number of anilines is 1. The van der Waals surface area contributed by atoms with Crippen LogP contribution in [-0.4, -0.2) is 59.0 Å². The maximum Gasteiger partial charge on any atom is 0.240 e. The molecule has 6 nitrogen and oxygen atoms in total. The molecule has 3 rings (SSSR count). The van der Waals surface area contributed by atoms with Crippen LogP contribution in [0.15, 0.2) is 6.20 Å². The van der Waals surface area contributed by atoms with Crippen molar-refractivity contribution < 1.29 is 9.53 Å². The second kappa shape index (κ2) is 6.15. The Hall–Kier alpha value is -1.40. The highest BCUT2D eigenvalue weighted by Gasteiger charge is 2.25. The maximum absolute atomic E-state index is 12.0. The summed E-state index contributed by atoms with van der Waals surface area (Å²) in [7, 11) is 0. The molecule has 1 amide bonds. The van der Waals surface area contributed by atoms with Crippen LogP contribution in [-0.2, 0) is 22.5 Å². The highest BCUT2D eigenvalue weighted by molar-refractivity contribution is 6.30. The molecule has 0 N–H and O–H groups in total. The molecule has 0 bridgehead atoms. The van der Waals surface area contributed by atoms with Gasteiger partial charge in [-0.15, -0.1) is 11.6 Å². The summed E-state index contributed by atoms with van der Waals surface area (Å²) < 4.78 is 5.34. The van der Waals surface area contributed by atoms with E-state index in [0.29, 0.717) is 13.1 Å². The lowest BCUT2D eigenvalue weighted by Crippen LogP contribution is -2.41. The number of nitrogens with zero attached hydrogens (tertiary/aromatic N) is 4. The first-order valence-corrected chi connectivity index (χ1v) is 7.69. The van der Waals surface area contributed by atoms with Crippen LogP contribution < -0.4 is 4.90 Å². The summed E-state index contributed by atoms with van der Waals surface area (Å²) in [5, 5.41) is -0.486. The van der Waals surface area contributed by atoms with Gasteiger partial charge < -0.3 is 14.5 Å². The predicted octanol–water partition coefficient (Wildman–Crippen LogP) is 0.825. The first-order valence-electron chi connectivity index (χ1n) is 7.25. The van der Waals surface area contributed by atoms with Crippen molar-refractivity contribution in [3.05, 3.63) is 17.5 Å². The average Bonchev–Trinajstić information content (AvgIpc) is 2.54. The Bertz CT molecular complexity index is 532. The average molecular weight is 311 g/mol. The number of aromatic nitrogens is 2. The molecule has 0 spiro atoms. The third kappa shape index (κ3) is 3.11. The Kier molecular flexibility index (Phi) is 4.26. The maximum atomic E-state index is 12.0. The normalized spacial score (nSPS) is 20.1. The topological polar surface area (TPSA) is 58.6 Å². The lowest BCUT2D eigenvalue weighted by molar-refractivity contribution is -0.131. The SMILES string of the molecule is CC(Cl)C(=O)N1CCc2nc(N3CCOCC3)ncc2C1. The molecule has 0 saturated carbocycles. The molecule has 1 aromatic heterocycles. The second-order valence-electron chi connectivity index (χ2n) is 5.37. The first kappa shape index (κ1) is 14.5. The zero-order chi connectivity index (χ0) is 14.8. The van der Waals surface area contributed by atoms with Crippen LogP contribution in [0.5, 0.6) is 0 Å². The van der Waals surface area contributed by atoms with Crippen molar-refractivity contribution in [2.75, 3.05) is 37.7 Å². The van der Waals surface area contributed by atoms with Crippen molar-refractivity contribution in [3.63, 3.8) is 0 Å². The highest BCUT2D eigenvalue weighted by Crippen LogP contribution is 2.20. The molecule has 1 aromatic rings. The molecular formula is C14H19ClN4O2. The monoisotopic (exact) mass is 310 g/mol. The summed E-state index contributed by atoms with van der Waals surface area (Å²) in [4.78, 5) is 25.0. The molecule has 0 aromatic carbocycles. The molecule has 2 aliphatic rings.